The molecule has 12 nitrogen and oxygen atoms in total. The van der Waals surface area contributed by atoms with Crippen molar-refractivity contribution in [1.82, 2.24) is 59.9 Å². The number of fused-ring (bicyclic) bond motifs is 3. The molecular formula is C25H16BrF3N12. The lowest BCUT2D eigenvalue weighted by molar-refractivity contribution is 0.630. The second-order valence-electron chi connectivity index (χ2n) is 8.22. The number of pyridine rings is 3. The molecule has 0 atom stereocenters. The van der Waals surface area contributed by atoms with Crippen LogP contribution in [0.2, 0.25) is 0 Å². The molecule has 0 aliphatic heterocycles. The summed E-state index contributed by atoms with van der Waals surface area (Å²) in [6, 6.07) is 4.99. The third kappa shape index (κ3) is 5.03. The van der Waals surface area contributed by atoms with Crippen LogP contribution in [0.5, 0.6) is 0 Å². The van der Waals surface area contributed by atoms with Crippen molar-refractivity contribution >= 4 is 48.6 Å². The van der Waals surface area contributed by atoms with Crippen molar-refractivity contribution < 1.29 is 13.2 Å². The Morgan fingerprint density at radius 1 is 0.634 bits per heavy atom. The molecule has 16 heteroatoms. The Balaban J connectivity index is 0.000000112. The number of H-pyrrole nitrogens is 3. The molecule has 0 fully saturated rings. The SMILES string of the molecule is Fc1cnc(-n2ccnn2)c2[nH]ccc12.Fc1cnc(-n2nccn2)c2[nH]ccc12.Fc1cnc(Br)c2[nH]ccc12. The van der Waals surface area contributed by atoms with E-state index in [0.717, 1.165) is 6.20 Å². The summed E-state index contributed by atoms with van der Waals surface area (Å²) in [5, 5.41) is 16.9. The van der Waals surface area contributed by atoms with Crippen LogP contribution in [0.25, 0.3) is 44.3 Å². The number of aromatic nitrogens is 12. The van der Waals surface area contributed by atoms with Crippen LogP contribution in [-0.4, -0.2) is 59.9 Å². The fourth-order valence-electron chi connectivity index (χ4n) is 3.97. The molecule has 8 aromatic heterocycles. The number of nitrogens with zero attached hydrogens (tertiary/aromatic N) is 9. The largest absolute Gasteiger partial charge is 0.359 e. The molecule has 0 spiro atoms. The van der Waals surface area contributed by atoms with E-state index in [1.165, 1.54) is 21.9 Å². The molecule has 41 heavy (non-hydrogen) atoms. The molecular weight excluding hydrogens is 605 g/mol. The smallest absolute Gasteiger partial charge is 0.198 e. The van der Waals surface area contributed by atoms with E-state index in [1.807, 2.05) is 0 Å². The van der Waals surface area contributed by atoms with Crippen molar-refractivity contribution in [1.29, 1.82) is 0 Å². The van der Waals surface area contributed by atoms with Gasteiger partial charge < -0.3 is 15.0 Å². The van der Waals surface area contributed by atoms with Crippen molar-refractivity contribution in [2.45, 2.75) is 0 Å². The molecule has 0 unspecified atom stereocenters. The van der Waals surface area contributed by atoms with Gasteiger partial charge >= 0.3 is 0 Å². The summed E-state index contributed by atoms with van der Waals surface area (Å²) in [6.07, 6.45) is 14.8. The van der Waals surface area contributed by atoms with Crippen molar-refractivity contribution in [2.24, 2.45) is 0 Å². The minimum Gasteiger partial charge on any atom is -0.359 e. The molecule has 0 amide bonds. The topological polar surface area (TPSA) is 147 Å². The lowest BCUT2D eigenvalue weighted by Gasteiger charge is -2.01. The van der Waals surface area contributed by atoms with Gasteiger partial charge in [-0.2, -0.15) is 10.2 Å². The Labute approximate surface area is 235 Å². The zero-order valence-corrected chi connectivity index (χ0v) is 22.1. The molecule has 0 saturated heterocycles. The molecule has 8 rings (SSSR count). The van der Waals surface area contributed by atoms with Gasteiger partial charge in [-0.15, -0.1) is 9.90 Å². The standard InChI is InChI=1S/2C9H6FN5.C7H4BrFN2/c10-7-5-12-9(15-4-3-13-14-15)8-6(7)1-2-11-8;10-7-5-12-9(15-13-3-4-14-15)8-6(7)1-2-11-8;8-7-6-4(1-2-10-6)5(9)3-11-7/h2*1-5,11H;1-3,10H. The molecule has 8 heterocycles. The summed E-state index contributed by atoms with van der Waals surface area (Å²) in [5.74, 6) is 0.0111. The zero-order chi connectivity index (χ0) is 28.3. The number of rotatable bonds is 2. The third-order valence-electron chi connectivity index (χ3n) is 5.81. The van der Waals surface area contributed by atoms with Crippen LogP contribution < -0.4 is 0 Å². The first-order valence-electron chi connectivity index (χ1n) is 11.7. The molecule has 0 radical (unpaired) electrons. The average Bonchev–Trinajstić information content (AvgIpc) is 3.82. The normalized spacial score (nSPS) is 10.9. The van der Waals surface area contributed by atoms with Crippen molar-refractivity contribution in [3.05, 3.63) is 102 Å². The quantitative estimate of drug-likeness (QED) is 0.230. The number of hydrogen-bond donors (Lipinski definition) is 3. The van der Waals surface area contributed by atoms with Crippen LogP contribution in [0.15, 0.2) is 84.8 Å². The highest BCUT2D eigenvalue weighted by Gasteiger charge is 2.11. The van der Waals surface area contributed by atoms with E-state index in [4.69, 9.17) is 0 Å². The summed E-state index contributed by atoms with van der Waals surface area (Å²) in [7, 11) is 0. The van der Waals surface area contributed by atoms with Gasteiger partial charge in [-0.05, 0) is 34.1 Å². The predicted octanol–water partition coefficient (Wildman–Crippen LogP) is 5.03. The maximum absolute atomic E-state index is 13.3. The molecule has 3 N–H and O–H groups in total. The first-order chi connectivity index (χ1) is 20.0. The van der Waals surface area contributed by atoms with Gasteiger partial charge in [0.05, 0.1) is 59.9 Å². The second kappa shape index (κ2) is 11.0. The highest BCUT2D eigenvalue weighted by molar-refractivity contribution is 9.10. The van der Waals surface area contributed by atoms with Crippen LogP contribution in [0.1, 0.15) is 0 Å². The number of nitrogens with one attached hydrogen (secondary N) is 3. The van der Waals surface area contributed by atoms with Gasteiger partial charge in [0.25, 0.3) is 0 Å². The first-order valence-corrected chi connectivity index (χ1v) is 12.5. The van der Waals surface area contributed by atoms with E-state index in [0.29, 0.717) is 48.9 Å². The van der Waals surface area contributed by atoms with Gasteiger partial charge in [0.2, 0.25) is 0 Å². The van der Waals surface area contributed by atoms with Gasteiger partial charge in [0.1, 0.15) is 4.60 Å². The zero-order valence-electron chi connectivity index (χ0n) is 20.5. The summed E-state index contributed by atoms with van der Waals surface area (Å²) in [6.45, 7) is 0. The number of aromatic amines is 3. The summed E-state index contributed by atoms with van der Waals surface area (Å²) in [4.78, 5) is 21.8. The first kappa shape index (κ1) is 25.9. The average molecular weight is 621 g/mol. The van der Waals surface area contributed by atoms with Crippen LogP contribution in [0, 0.1) is 17.5 Å². The minimum atomic E-state index is -0.359. The van der Waals surface area contributed by atoms with E-state index in [9.17, 15) is 13.2 Å². The Morgan fingerprint density at radius 3 is 1.71 bits per heavy atom. The van der Waals surface area contributed by atoms with Gasteiger partial charge in [0, 0.05) is 34.7 Å². The Kier molecular flexibility index (Phi) is 6.95. The Bertz CT molecular complexity index is 1920. The summed E-state index contributed by atoms with van der Waals surface area (Å²) in [5.41, 5.74) is 1.90. The monoisotopic (exact) mass is 620 g/mol. The summed E-state index contributed by atoms with van der Waals surface area (Å²) >= 11 is 3.20. The summed E-state index contributed by atoms with van der Waals surface area (Å²) < 4.78 is 41.6. The lowest BCUT2D eigenvalue weighted by Crippen LogP contribution is -2.02. The van der Waals surface area contributed by atoms with Crippen molar-refractivity contribution in [3.63, 3.8) is 0 Å². The Morgan fingerprint density at radius 2 is 1.15 bits per heavy atom. The predicted molar refractivity (Wildman–Crippen MR) is 146 cm³/mol. The van der Waals surface area contributed by atoms with Gasteiger partial charge in [-0.25, -0.2) is 32.8 Å². The third-order valence-corrected chi connectivity index (χ3v) is 6.41. The van der Waals surface area contributed by atoms with E-state index in [-0.39, 0.29) is 17.5 Å². The molecule has 0 saturated carbocycles. The van der Waals surface area contributed by atoms with E-state index in [2.05, 4.69) is 66.3 Å². The van der Waals surface area contributed by atoms with Gasteiger partial charge in [-0.3, -0.25) is 0 Å². The van der Waals surface area contributed by atoms with Crippen molar-refractivity contribution in [3.8, 4) is 11.6 Å². The van der Waals surface area contributed by atoms with Crippen LogP contribution in [-0.2, 0) is 0 Å². The van der Waals surface area contributed by atoms with E-state index < -0.39 is 0 Å². The molecule has 0 aliphatic rings. The lowest BCUT2D eigenvalue weighted by atomic mass is 10.3. The maximum Gasteiger partial charge on any atom is 0.198 e. The number of halogens is 4. The van der Waals surface area contributed by atoms with E-state index in [1.54, 1.807) is 61.6 Å². The van der Waals surface area contributed by atoms with Crippen molar-refractivity contribution in [2.75, 3.05) is 0 Å². The van der Waals surface area contributed by atoms with Gasteiger partial charge in [0.15, 0.2) is 29.1 Å². The molecule has 0 aliphatic carbocycles. The fourth-order valence-corrected chi connectivity index (χ4v) is 4.40. The number of hydrogen-bond acceptors (Lipinski definition) is 7. The highest BCUT2D eigenvalue weighted by atomic mass is 79.9. The molecule has 204 valence electrons. The molecule has 8 aromatic rings. The van der Waals surface area contributed by atoms with Crippen LogP contribution >= 0.6 is 15.9 Å². The highest BCUT2D eigenvalue weighted by Crippen LogP contribution is 2.22. The van der Waals surface area contributed by atoms with E-state index >= 15 is 0 Å². The molecule has 0 bridgehead atoms. The minimum absolute atomic E-state index is 0.301. The second-order valence-corrected chi connectivity index (χ2v) is 8.97. The fraction of sp³-hybridized carbons (Fsp3) is 0. The van der Waals surface area contributed by atoms with Crippen LogP contribution in [0.4, 0.5) is 13.2 Å². The Hall–Kier alpha value is -5.38. The molecule has 0 aromatic carbocycles. The maximum atomic E-state index is 13.3. The van der Waals surface area contributed by atoms with Crippen LogP contribution in [0.3, 0.4) is 0 Å². The van der Waals surface area contributed by atoms with Gasteiger partial charge in [-0.1, -0.05) is 5.21 Å².